The van der Waals surface area contributed by atoms with E-state index >= 15 is 0 Å². The number of piperazine rings is 1. The van der Waals surface area contributed by atoms with Crippen molar-refractivity contribution in [3.63, 3.8) is 0 Å². The van der Waals surface area contributed by atoms with Crippen LogP contribution in [0.5, 0.6) is 5.75 Å². The number of carbonyl (C=O) groups is 2. The Morgan fingerprint density at radius 1 is 1.00 bits per heavy atom. The van der Waals surface area contributed by atoms with Crippen molar-refractivity contribution in [1.29, 1.82) is 0 Å². The predicted octanol–water partition coefficient (Wildman–Crippen LogP) is 2.02. The molecule has 166 valence electrons. The van der Waals surface area contributed by atoms with Crippen LogP contribution in [-0.4, -0.2) is 68.0 Å². The van der Waals surface area contributed by atoms with E-state index in [2.05, 4.69) is 33.4 Å². The first kappa shape index (κ1) is 22.7. The minimum absolute atomic E-state index is 0.122. The minimum Gasteiger partial charge on any atom is -0.496 e. The highest BCUT2D eigenvalue weighted by molar-refractivity contribution is 5.94. The molecule has 2 aromatic carbocycles. The monoisotopic (exact) mass is 428 g/mol. The highest BCUT2D eigenvalue weighted by Crippen LogP contribution is 2.22. The summed E-state index contributed by atoms with van der Waals surface area (Å²) >= 11 is 0. The number of amides is 2. The van der Waals surface area contributed by atoms with Crippen LogP contribution in [-0.2, 0) is 16.1 Å². The summed E-state index contributed by atoms with van der Waals surface area (Å²) in [6.07, 6.45) is 0. The van der Waals surface area contributed by atoms with Crippen molar-refractivity contribution in [2.45, 2.75) is 13.5 Å². The van der Waals surface area contributed by atoms with Gasteiger partial charge in [0.25, 0.3) is 0 Å². The van der Waals surface area contributed by atoms with Gasteiger partial charge in [0.1, 0.15) is 11.6 Å². The number of ether oxygens (including phenoxy) is 1. The minimum atomic E-state index is -0.371. The Morgan fingerprint density at radius 2 is 1.68 bits per heavy atom. The zero-order valence-corrected chi connectivity index (χ0v) is 18.0. The Kier molecular flexibility index (Phi) is 7.97. The lowest BCUT2D eigenvalue weighted by atomic mass is 10.1. The van der Waals surface area contributed by atoms with Gasteiger partial charge < -0.3 is 15.4 Å². The van der Waals surface area contributed by atoms with Crippen LogP contribution < -0.4 is 15.4 Å². The molecule has 0 aliphatic carbocycles. The van der Waals surface area contributed by atoms with Crippen molar-refractivity contribution in [3.8, 4) is 5.75 Å². The number of carbonyl (C=O) groups excluding carboxylic acids is 2. The van der Waals surface area contributed by atoms with E-state index < -0.39 is 0 Å². The highest BCUT2D eigenvalue weighted by atomic mass is 19.1. The normalized spacial score (nSPS) is 14.8. The number of aryl methyl sites for hydroxylation is 1. The topological polar surface area (TPSA) is 73.9 Å². The molecule has 0 spiro atoms. The number of benzene rings is 2. The SMILES string of the molecule is COc1ccc(C)cc1CN1CCN(CC(=O)NCC(=O)Nc2ccc(F)cc2)CC1. The number of anilines is 1. The van der Waals surface area contributed by atoms with E-state index in [0.717, 1.165) is 38.5 Å². The molecule has 0 aromatic heterocycles. The van der Waals surface area contributed by atoms with E-state index in [1.165, 1.54) is 35.4 Å². The van der Waals surface area contributed by atoms with E-state index in [-0.39, 0.29) is 30.7 Å². The molecule has 1 aliphatic heterocycles. The Bertz CT molecular complexity index is 896. The summed E-state index contributed by atoms with van der Waals surface area (Å²) in [5, 5.41) is 5.26. The smallest absolute Gasteiger partial charge is 0.243 e. The van der Waals surface area contributed by atoms with E-state index in [4.69, 9.17) is 4.74 Å². The fraction of sp³-hybridized carbons (Fsp3) is 0.391. The average Bonchev–Trinajstić information content (AvgIpc) is 2.75. The van der Waals surface area contributed by atoms with Crippen LogP contribution in [0, 0.1) is 12.7 Å². The Labute approximate surface area is 182 Å². The molecule has 3 rings (SSSR count). The van der Waals surface area contributed by atoms with Gasteiger partial charge in [-0.2, -0.15) is 0 Å². The highest BCUT2D eigenvalue weighted by Gasteiger charge is 2.20. The molecule has 1 aliphatic rings. The summed E-state index contributed by atoms with van der Waals surface area (Å²) in [5.74, 6) is -0.0179. The summed E-state index contributed by atoms with van der Waals surface area (Å²) < 4.78 is 18.4. The molecule has 0 bridgehead atoms. The number of hydrogen-bond donors (Lipinski definition) is 2. The summed E-state index contributed by atoms with van der Waals surface area (Å²) in [7, 11) is 1.69. The lowest BCUT2D eigenvalue weighted by molar-refractivity contribution is -0.125. The van der Waals surface area contributed by atoms with Gasteiger partial charge in [-0.05, 0) is 37.3 Å². The van der Waals surface area contributed by atoms with Gasteiger partial charge in [0.15, 0.2) is 0 Å². The molecular weight excluding hydrogens is 399 g/mol. The molecule has 1 saturated heterocycles. The average molecular weight is 429 g/mol. The number of methoxy groups -OCH3 is 1. The molecule has 0 unspecified atom stereocenters. The number of halogens is 1. The van der Waals surface area contributed by atoms with Gasteiger partial charge in [-0.25, -0.2) is 4.39 Å². The van der Waals surface area contributed by atoms with Gasteiger partial charge in [-0.15, -0.1) is 0 Å². The number of nitrogens with zero attached hydrogens (tertiary/aromatic N) is 2. The molecule has 1 fully saturated rings. The van der Waals surface area contributed by atoms with Crippen molar-refractivity contribution in [3.05, 3.63) is 59.4 Å². The van der Waals surface area contributed by atoms with Crippen molar-refractivity contribution in [2.24, 2.45) is 0 Å². The van der Waals surface area contributed by atoms with E-state index in [0.29, 0.717) is 5.69 Å². The van der Waals surface area contributed by atoms with Gasteiger partial charge in [0, 0.05) is 44.0 Å². The molecule has 0 saturated carbocycles. The first-order valence-corrected chi connectivity index (χ1v) is 10.3. The molecule has 0 atom stereocenters. The second kappa shape index (κ2) is 10.9. The maximum atomic E-state index is 12.9. The maximum Gasteiger partial charge on any atom is 0.243 e. The van der Waals surface area contributed by atoms with Crippen molar-refractivity contribution in [1.82, 2.24) is 15.1 Å². The van der Waals surface area contributed by atoms with Crippen LogP contribution in [0.25, 0.3) is 0 Å². The molecule has 7 nitrogen and oxygen atoms in total. The van der Waals surface area contributed by atoms with Crippen LogP contribution in [0.4, 0.5) is 10.1 Å². The van der Waals surface area contributed by atoms with Crippen molar-refractivity contribution in [2.75, 3.05) is 51.7 Å². The molecule has 1 heterocycles. The van der Waals surface area contributed by atoms with E-state index in [9.17, 15) is 14.0 Å². The molecule has 2 amide bonds. The number of rotatable bonds is 8. The van der Waals surface area contributed by atoms with Crippen molar-refractivity contribution < 1.29 is 18.7 Å². The molecule has 2 N–H and O–H groups in total. The molecule has 8 heteroatoms. The van der Waals surface area contributed by atoms with Gasteiger partial charge in [-0.3, -0.25) is 19.4 Å². The second-order valence-corrected chi connectivity index (χ2v) is 7.70. The molecule has 2 aromatic rings. The second-order valence-electron chi connectivity index (χ2n) is 7.70. The summed E-state index contributed by atoms with van der Waals surface area (Å²) in [4.78, 5) is 28.6. The van der Waals surface area contributed by atoms with Crippen LogP contribution in [0.1, 0.15) is 11.1 Å². The van der Waals surface area contributed by atoms with Crippen LogP contribution in [0.15, 0.2) is 42.5 Å². The van der Waals surface area contributed by atoms with Gasteiger partial charge in [-0.1, -0.05) is 17.7 Å². The van der Waals surface area contributed by atoms with E-state index in [1.807, 2.05) is 12.1 Å². The largest absolute Gasteiger partial charge is 0.496 e. The van der Waals surface area contributed by atoms with Crippen LogP contribution in [0.2, 0.25) is 0 Å². The lowest BCUT2D eigenvalue weighted by Gasteiger charge is -2.34. The Hall–Kier alpha value is -2.97. The van der Waals surface area contributed by atoms with Gasteiger partial charge in [0.2, 0.25) is 11.8 Å². The zero-order chi connectivity index (χ0) is 22.2. The maximum absolute atomic E-state index is 12.9. The molecule has 0 radical (unpaired) electrons. The molecule has 31 heavy (non-hydrogen) atoms. The van der Waals surface area contributed by atoms with Gasteiger partial charge >= 0.3 is 0 Å². The van der Waals surface area contributed by atoms with E-state index in [1.54, 1.807) is 7.11 Å². The lowest BCUT2D eigenvalue weighted by Crippen LogP contribution is -2.49. The predicted molar refractivity (Wildman–Crippen MR) is 117 cm³/mol. The number of hydrogen-bond acceptors (Lipinski definition) is 5. The standard InChI is InChI=1S/C23H29FN4O3/c1-17-3-8-21(31-2)18(13-17)15-27-9-11-28(12-10-27)16-23(30)25-14-22(29)26-20-6-4-19(24)5-7-20/h3-8,13H,9-12,14-16H2,1-2H3,(H,25,30)(H,26,29). The molecular formula is C23H29FN4O3. The van der Waals surface area contributed by atoms with Crippen LogP contribution in [0.3, 0.4) is 0 Å². The van der Waals surface area contributed by atoms with Crippen LogP contribution >= 0.6 is 0 Å². The van der Waals surface area contributed by atoms with Gasteiger partial charge in [0.05, 0.1) is 20.2 Å². The third kappa shape index (κ3) is 7.04. The third-order valence-corrected chi connectivity index (χ3v) is 5.24. The fourth-order valence-electron chi connectivity index (χ4n) is 3.55. The quantitative estimate of drug-likeness (QED) is 0.673. The zero-order valence-electron chi connectivity index (χ0n) is 18.0. The Balaban J connectivity index is 1.37. The first-order chi connectivity index (χ1) is 14.9. The fourth-order valence-corrected chi connectivity index (χ4v) is 3.55. The summed E-state index contributed by atoms with van der Waals surface area (Å²) in [6, 6.07) is 11.7. The van der Waals surface area contributed by atoms with Crippen molar-refractivity contribution >= 4 is 17.5 Å². The third-order valence-electron chi connectivity index (χ3n) is 5.24. The first-order valence-electron chi connectivity index (χ1n) is 10.3. The summed E-state index contributed by atoms with van der Waals surface area (Å²) in [6.45, 7) is 6.29. The Morgan fingerprint density at radius 3 is 2.35 bits per heavy atom. The summed E-state index contributed by atoms with van der Waals surface area (Å²) in [5.41, 5.74) is 2.86. The number of nitrogens with one attached hydrogen (secondary N) is 2.